The Morgan fingerprint density at radius 2 is 2.11 bits per heavy atom. The lowest BCUT2D eigenvalue weighted by Crippen LogP contribution is -1.96. The number of hydrogen-bond donors (Lipinski definition) is 0. The first-order chi connectivity index (χ1) is 8.69. The minimum Gasteiger partial charge on any atom is -0.484 e. The van der Waals surface area contributed by atoms with E-state index in [4.69, 9.17) is 20.8 Å². The predicted molar refractivity (Wildman–Crippen MR) is 66.8 cm³/mol. The van der Waals surface area contributed by atoms with Gasteiger partial charge in [-0.05, 0) is 31.2 Å². The van der Waals surface area contributed by atoms with Gasteiger partial charge in [0.05, 0.1) is 5.69 Å². The van der Waals surface area contributed by atoms with Gasteiger partial charge in [0.15, 0.2) is 6.61 Å². The monoisotopic (exact) mass is 265 g/mol. The number of halogens is 1. The zero-order valence-corrected chi connectivity index (χ0v) is 10.6. The van der Waals surface area contributed by atoms with Gasteiger partial charge in [0.2, 0.25) is 5.89 Å². The minimum atomic E-state index is 0.224. The summed E-state index contributed by atoms with van der Waals surface area (Å²) in [5.74, 6) is 1.79. The summed E-state index contributed by atoms with van der Waals surface area (Å²) in [5, 5.41) is 0.655. The molecule has 1 heterocycles. The van der Waals surface area contributed by atoms with Crippen molar-refractivity contribution in [3.63, 3.8) is 0 Å². The molecule has 1 aromatic carbocycles. The highest BCUT2D eigenvalue weighted by molar-refractivity contribution is 6.30. The van der Waals surface area contributed by atoms with Crippen LogP contribution in [0.5, 0.6) is 5.75 Å². The molecule has 0 amide bonds. The second-order valence-electron chi connectivity index (χ2n) is 3.72. The Hall–Kier alpha value is -1.81. The molecule has 1 aromatic heterocycles. The number of aldehydes is 1. The zero-order valence-electron chi connectivity index (χ0n) is 9.85. The molecule has 0 aliphatic heterocycles. The van der Waals surface area contributed by atoms with E-state index in [0.29, 0.717) is 28.1 Å². The van der Waals surface area contributed by atoms with E-state index in [9.17, 15) is 4.79 Å². The normalized spacial score (nSPS) is 10.3. The molecule has 0 saturated carbocycles. The van der Waals surface area contributed by atoms with Gasteiger partial charge in [-0.1, -0.05) is 11.6 Å². The number of hydrogen-bond acceptors (Lipinski definition) is 4. The van der Waals surface area contributed by atoms with Crippen molar-refractivity contribution >= 4 is 17.9 Å². The zero-order chi connectivity index (χ0) is 13.0. The summed E-state index contributed by atoms with van der Waals surface area (Å²) in [6.07, 6.45) is 1.06. The first-order valence-electron chi connectivity index (χ1n) is 5.46. The molecule has 94 valence electrons. The van der Waals surface area contributed by atoms with Crippen LogP contribution >= 0.6 is 11.6 Å². The van der Waals surface area contributed by atoms with Crippen LogP contribution in [0, 0.1) is 6.92 Å². The van der Waals surface area contributed by atoms with Crippen LogP contribution in [0.15, 0.2) is 28.7 Å². The molecule has 0 spiro atoms. The van der Waals surface area contributed by atoms with Crippen LogP contribution in [-0.2, 0) is 17.8 Å². The third-order valence-electron chi connectivity index (χ3n) is 2.39. The molecule has 0 atom stereocenters. The number of oxazole rings is 1. The molecule has 0 saturated heterocycles. The molecule has 0 aliphatic carbocycles. The average Bonchev–Trinajstić information content (AvgIpc) is 2.70. The van der Waals surface area contributed by atoms with Gasteiger partial charge < -0.3 is 13.9 Å². The molecule has 0 unspecified atom stereocenters. The second kappa shape index (κ2) is 5.69. The maximum Gasteiger partial charge on any atom is 0.232 e. The summed E-state index contributed by atoms with van der Waals surface area (Å²) in [6.45, 7) is 2.00. The number of aryl methyl sites for hydroxylation is 1. The van der Waals surface area contributed by atoms with Crippen LogP contribution in [0.3, 0.4) is 0 Å². The number of rotatable bonds is 5. The average molecular weight is 266 g/mol. The van der Waals surface area contributed by atoms with Gasteiger partial charge in [0.1, 0.15) is 17.8 Å². The number of ether oxygens (including phenoxy) is 1. The molecule has 2 rings (SSSR count). The fraction of sp³-hybridized carbons (Fsp3) is 0.231. The summed E-state index contributed by atoms with van der Waals surface area (Å²) < 4.78 is 10.9. The van der Waals surface area contributed by atoms with Crippen molar-refractivity contribution in [2.24, 2.45) is 0 Å². The lowest BCUT2D eigenvalue weighted by Gasteiger charge is -2.02. The lowest BCUT2D eigenvalue weighted by atomic mass is 10.3. The van der Waals surface area contributed by atoms with Gasteiger partial charge in [0, 0.05) is 11.4 Å². The SMILES string of the molecule is Cc1oc(COc2ccc(Cl)cc2)nc1CC=O. The van der Waals surface area contributed by atoms with Crippen molar-refractivity contribution in [2.45, 2.75) is 20.0 Å². The largest absolute Gasteiger partial charge is 0.484 e. The summed E-state index contributed by atoms with van der Waals surface area (Å²) in [5.41, 5.74) is 0.653. The standard InChI is InChI=1S/C13H12ClNO3/c1-9-12(6-7-16)15-13(18-9)8-17-11-4-2-10(14)3-5-11/h2-5,7H,6,8H2,1H3. The smallest absolute Gasteiger partial charge is 0.232 e. The van der Waals surface area contributed by atoms with Gasteiger partial charge in [-0.15, -0.1) is 0 Å². The van der Waals surface area contributed by atoms with Crippen molar-refractivity contribution in [1.29, 1.82) is 0 Å². The molecule has 5 heteroatoms. The van der Waals surface area contributed by atoms with Crippen molar-refractivity contribution in [3.05, 3.63) is 46.6 Å². The molecular weight excluding hydrogens is 254 g/mol. The summed E-state index contributed by atoms with van der Waals surface area (Å²) in [7, 11) is 0. The number of benzene rings is 1. The molecule has 2 aromatic rings. The van der Waals surface area contributed by atoms with E-state index >= 15 is 0 Å². The third-order valence-corrected chi connectivity index (χ3v) is 2.64. The molecule has 4 nitrogen and oxygen atoms in total. The van der Waals surface area contributed by atoms with Crippen LogP contribution in [-0.4, -0.2) is 11.3 Å². The molecule has 0 bridgehead atoms. The molecule has 0 radical (unpaired) electrons. The van der Waals surface area contributed by atoms with Crippen molar-refractivity contribution < 1.29 is 13.9 Å². The lowest BCUT2D eigenvalue weighted by molar-refractivity contribution is -0.107. The van der Waals surface area contributed by atoms with Crippen LogP contribution in [0.4, 0.5) is 0 Å². The van der Waals surface area contributed by atoms with Crippen molar-refractivity contribution in [2.75, 3.05) is 0 Å². The first kappa shape index (κ1) is 12.6. The highest BCUT2D eigenvalue weighted by Gasteiger charge is 2.09. The summed E-state index contributed by atoms with van der Waals surface area (Å²) >= 11 is 5.77. The maximum absolute atomic E-state index is 10.4. The molecule has 0 N–H and O–H groups in total. The van der Waals surface area contributed by atoms with Crippen LogP contribution < -0.4 is 4.74 Å². The summed E-state index contributed by atoms with van der Waals surface area (Å²) in [6, 6.07) is 7.03. The molecule has 0 aliphatic rings. The van der Waals surface area contributed by atoms with Crippen LogP contribution in [0.2, 0.25) is 5.02 Å². The topological polar surface area (TPSA) is 52.3 Å². The number of carbonyl (C=O) groups excluding carboxylic acids is 1. The van der Waals surface area contributed by atoms with Crippen molar-refractivity contribution in [1.82, 2.24) is 4.98 Å². The van der Waals surface area contributed by atoms with E-state index < -0.39 is 0 Å². The van der Waals surface area contributed by atoms with Gasteiger partial charge in [0.25, 0.3) is 0 Å². The van der Waals surface area contributed by atoms with E-state index in [1.165, 1.54) is 0 Å². The second-order valence-corrected chi connectivity index (χ2v) is 4.16. The van der Waals surface area contributed by atoms with Gasteiger partial charge in [-0.25, -0.2) is 4.98 Å². The Morgan fingerprint density at radius 1 is 1.39 bits per heavy atom. The van der Waals surface area contributed by atoms with Crippen LogP contribution in [0.1, 0.15) is 17.3 Å². The summed E-state index contributed by atoms with van der Waals surface area (Å²) in [4.78, 5) is 14.6. The highest BCUT2D eigenvalue weighted by Crippen LogP contribution is 2.17. The first-order valence-corrected chi connectivity index (χ1v) is 5.84. The number of carbonyl (C=O) groups is 1. The Morgan fingerprint density at radius 3 is 2.78 bits per heavy atom. The van der Waals surface area contributed by atoms with Crippen LogP contribution in [0.25, 0.3) is 0 Å². The number of aromatic nitrogens is 1. The van der Waals surface area contributed by atoms with Gasteiger partial charge in [-0.2, -0.15) is 0 Å². The number of nitrogens with zero attached hydrogens (tertiary/aromatic N) is 1. The van der Waals surface area contributed by atoms with E-state index in [2.05, 4.69) is 4.98 Å². The van der Waals surface area contributed by atoms with Crippen molar-refractivity contribution in [3.8, 4) is 5.75 Å². The highest BCUT2D eigenvalue weighted by atomic mass is 35.5. The molecule has 18 heavy (non-hydrogen) atoms. The fourth-order valence-electron chi connectivity index (χ4n) is 1.49. The van der Waals surface area contributed by atoms with Gasteiger partial charge in [-0.3, -0.25) is 0 Å². The van der Waals surface area contributed by atoms with E-state index in [0.717, 1.165) is 6.29 Å². The Balaban J connectivity index is 1.99. The van der Waals surface area contributed by atoms with E-state index in [1.807, 2.05) is 0 Å². The maximum atomic E-state index is 10.4. The Labute approximate surface area is 110 Å². The Kier molecular flexibility index (Phi) is 3.99. The quantitative estimate of drug-likeness (QED) is 0.780. The predicted octanol–water partition coefficient (Wildman–Crippen LogP) is 2.96. The molecule has 0 fully saturated rings. The third kappa shape index (κ3) is 3.11. The van der Waals surface area contributed by atoms with E-state index in [-0.39, 0.29) is 13.0 Å². The fourth-order valence-corrected chi connectivity index (χ4v) is 1.62. The van der Waals surface area contributed by atoms with Gasteiger partial charge >= 0.3 is 0 Å². The molecular formula is C13H12ClNO3. The minimum absolute atomic E-state index is 0.224. The Bertz CT molecular complexity index is 534. The van der Waals surface area contributed by atoms with E-state index in [1.54, 1.807) is 31.2 Å².